The largest absolute Gasteiger partial charge is 0.460 e. The third-order valence-electron chi connectivity index (χ3n) is 7.26. The first-order valence-corrected chi connectivity index (χ1v) is 12.7. The molecule has 0 saturated heterocycles. The zero-order chi connectivity index (χ0) is 26.3. The lowest BCUT2D eigenvalue weighted by atomic mass is 9.72. The van der Waals surface area contributed by atoms with Gasteiger partial charge in [0.1, 0.15) is 23.1 Å². The molecule has 2 aliphatic rings. The van der Waals surface area contributed by atoms with Crippen LogP contribution in [0.4, 0.5) is 0 Å². The second kappa shape index (κ2) is 9.71. The Morgan fingerprint density at radius 3 is 2.58 bits per heavy atom. The molecule has 2 heterocycles. The number of nitrogens with two attached hydrogens (primary N) is 1. The van der Waals surface area contributed by atoms with Crippen LogP contribution in [0.2, 0.25) is 0 Å². The highest BCUT2D eigenvalue weighted by atomic mass is 16.6. The number of fused-ring (bicyclic) bond motifs is 1. The molecule has 1 saturated carbocycles. The molecule has 1 aromatic heterocycles. The second-order valence-electron chi connectivity index (χ2n) is 11.9. The lowest BCUT2D eigenvalue weighted by Crippen LogP contribution is -2.45. The number of amides is 2. The molecule has 2 amide bonds. The van der Waals surface area contributed by atoms with E-state index in [4.69, 9.17) is 14.9 Å². The van der Waals surface area contributed by atoms with Crippen LogP contribution in [0.1, 0.15) is 101 Å². The van der Waals surface area contributed by atoms with Gasteiger partial charge in [0.05, 0.1) is 0 Å². The van der Waals surface area contributed by atoms with Crippen LogP contribution in [0, 0.1) is 5.41 Å². The maximum absolute atomic E-state index is 13.2. The summed E-state index contributed by atoms with van der Waals surface area (Å²) in [6.45, 7) is 10.2. The number of hydrogen-bond acceptors (Lipinski definition) is 6. The first-order chi connectivity index (χ1) is 16.8. The van der Waals surface area contributed by atoms with E-state index >= 15 is 0 Å². The Morgan fingerprint density at radius 2 is 1.94 bits per heavy atom. The highest BCUT2D eigenvalue weighted by molar-refractivity contribution is 6.01. The van der Waals surface area contributed by atoms with Gasteiger partial charge in [-0.15, -0.1) is 0 Å². The number of carbonyl (C=O) groups is 3. The zero-order valence-electron chi connectivity index (χ0n) is 21.9. The van der Waals surface area contributed by atoms with E-state index in [1.54, 1.807) is 26.8 Å². The normalized spacial score (nSPS) is 18.7. The van der Waals surface area contributed by atoms with Gasteiger partial charge in [0.15, 0.2) is 6.39 Å². The van der Waals surface area contributed by atoms with Gasteiger partial charge in [-0.05, 0) is 76.0 Å². The minimum absolute atomic E-state index is 0.00323. The number of oxazole rings is 1. The number of ether oxygens (including phenoxy) is 1. The fourth-order valence-corrected chi connectivity index (χ4v) is 5.26. The molecular weight excluding hydrogens is 458 g/mol. The van der Waals surface area contributed by atoms with E-state index < -0.39 is 23.5 Å². The van der Waals surface area contributed by atoms with Gasteiger partial charge in [-0.1, -0.05) is 19.9 Å². The summed E-state index contributed by atoms with van der Waals surface area (Å²) in [6.07, 6.45) is 6.01. The average molecular weight is 496 g/mol. The van der Waals surface area contributed by atoms with E-state index in [9.17, 15) is 14.4 Å². The number of rotatable bonds is 7. The van der Waals surface area contributed by atoms with Crippen molar-refractivity contribution in [1.82, 2.24) is 9.88 Å². The predicted octanol–water partition coefficient (Wildman–Crippen LogP) is 4.96. The second-order valence-corrected chi connectivity index (χ2v) is 11.9. The number of esters is 1. The third-order valence-corrected chi connectivity index (χ3v) is 7.26. The summed E-state index contributed by atoms with van der Waals surface area (Å²) in [5.41, 5.74) is 8.42. The summed E-state index contributed by atoms with van der Waals surface area (Å²) >= 11 is 0. The molecule has 1 fully saturated rings. The zero-order valence-corrected chi connectivity index (χ0v) is 21.9. The van der Waals surface area contributed by atoms with Crippen LogP contribution in [0.5, 0.6) is 0 Å². The molecule has 2 aromatic rings. The van der Waals surface area contributed by atoms with Gasteiger partial charge in [-0.25, -0.2) is 4.98 Å². The van der Waals surface area contributed by atoms with E-state index in [1.165, 1.54) is 11.3 Å². The summed E-state index contributed by atoms with van der Waals surface area (Å²) in [5.74, 6) is -0.101. The molecule has 1 aromatic carbocycles. The van der Waals surface area contributed by atoms with E-state index in [1.807, 2.05) is 12.1 Å². The minimum Gasteiger partial charge on any atom is -0.460 e. The van der Waals surface area contributed by atoms with Crippen LogP contribution in [-0.2, 0) is 20.9 Å². The molecule has 1 atom stereocenters. The molecule has 0 spiro atoms. The van der Waals surface area contributed by atoms with Gasteiger partial charge in [0.25, 0.3) is 5.91 Å². The number of carbonyl (C=O) groups excluding carboxylic acids is 3. The Kier molecular flexibility index (Phi) is 6.99. The smallest absolute Gasteiger partial charge is 0.306 e. The van der Waals surface area contributed by atoms with Crippen molar-refractivity contribution in [3.05, 3.63) is 41.5 Å². The van der Waals surface area contributed by atoms with E-state index in [0.29, 0.717) is 16.9 Å². The van der Waals surface area contributed by atoms with E-state index in [-0.39, 0.29) is 25.3 Å². The number of hydrogen-bond donors (Lipinski definition) is 1. The summed E-state index contributed by atoms with van der Waals surface area (Å²) < 4.78 is 11.2. The van der Waals surface area contributed by atoms with Crippen LogP contribution in [0.3, 0.4) is 0 Å². The van der Waals surface area contributed by atoms with Gasteiger partial charge in [-0.2, -0.15) is 0 Å². The molecule has 2 N–H and O–H groups in total. The summed E-state index contributed by atoms with van der Waals surface area (Å²) in [5, 5.41) is 0. The molecule has 1 aliphatic carbocycles. The summed E-state index contributed by atoms with van der Waals surface area (Å²) in [7, 11) is 0. The number of benzene rings is 1. The van der Waals surface area contributed by atoms with Crippen molar-refractivity contribution < 1.29 is 23.5 Å². The molecule has 8 heteroatoms. The highest BCUT2D eigenvalue weighted by Gasteiger charge is 2.37. The quantitative estimate of drug-likeness (QED) is 0.543. The minimum atomic E-state index is -0.894. The average Bonchev–Trinajstić information content (AvgIpc) is 3.37. The molecule has 36 heavy (non-hydrogen) atoms. The fraction of sp³-hybridized carbons (Fsp3) is 0.571. The Labute approximate surface area is 212 Å². The Morgan fingerprint density at radius 1 is 1.25 bits per heavy atom. The molecule has 1 unspecified atom stereocenters. The van der Waals surface area contributed by atoms with Crippen LogP contribution >= 0.6 is 0 Å². The highest BCUT2D eigenvalue weighted by Crippen LogP contribution is 2.44. The number of primary amides is 1. The monoisotopic (exact) mass is 495 g/mol. The van der Waals surface area contributed by atoms with Crippen molar-refractivity contribution in [2.24, 2.45) is 11.1 Å². The third kappa shape index (κ3) is 5.63. The van der Waals surface area contributed by atoms with Gasteiger partial charge >= 0.3 is 5.97 Å². The SMILES string of the molecule is CC1(C)CCC(c2ocnc2-c2ccc3c(c2)CN(C(CCC(=O)OC(C)(C)C)C(N)=O)C3=O)CC1. The van der Waals surface area contributed by atoms with Crippen molar-refractivity contribution in [2.75, 3.05) is 0 Å². The van der Waals surface area contributed by atoms with Gasteiger partial charge < -0.3 is 19.8 Å². The van der Waals surface area contributed by atoms with Crippen molar-refractivity contribution in [3.8, 4) is 11.3 Å². The topological polar surface area (TPSA) is 116 Å². The lowest BCUT2D eigenvalue weighted by Gasteiger charge is -2.33. The van der Waals surface area contributed by atoms with Gasteiger partial charge in [0, 0.05) is 30.0 Å². The van der Waals surface area contributed by atoms with E-state index in [2.05, 4.69) is 18.8 Å². The standard InChI is InChI=1S/C28H37N3O5/c1-27(2,3)36-22(32)9-8-21(25(29)33)31-15-19-14-18(6-7-20(19)26(31)34)23-24(35-16-30-23)17-10-12-28(4,5)13-11-17/h6-7,14,16-17,21H,8-13,15H2,1-5H3,(H2,29,33). The lowest BCUT2D eigenvalue weighted by molar-refractivity contribution is -0.155. The van der Waals surface area contributed by atoms with Gasteiger partial charge in [-0.3, -0.25) is 14.4 Å². The molecule has 8 nitrogen and oxygen atoms in total. The van der Waals surface area contributed by atoms with E-state index in [0.717, 1.165) is 48.3 Å². The first-order valence-electron chi connectivity index (χ1n) is 12.7. The maximum Gasteiger partial charge on any atom is 0.306 e. The van der Waals surface area contributed by atoms with Crippen molar-refractivity contribution in [2.45, 2.75) is 97.2 Å². The van der Waals surface area contributed by atoms with Crippen LogP contribution in [0.15, 0.2) is 29.0 Å². The van der Waals surface area contributed by atoms with Crippen molar-refractivity contribution >= 4 is 17.8 Å². The molecule has 194 valence electrons. The molecule has 0 bridgehead atoms. The molecule has 4 rings (SSSR count). The van der Waals surface area contributed by atoms with Crippen LogP contribution in [0.25, 0.3) is 11.3 Å². The van der Waals surface area contributed by atoms with Crippen LogP contribution in [-0.4, -0.2) is 39.3 Å². The molecular formula is C28H37N3O5. The number of aromatic nitrogens is 1. The van der Waals surface area contributed by atoms with Crippen molar-refractivity contribution in [1.29, 1.82) is 0 Å². The number of nitrogens with zero attached hydrogens (tertiary/aromatic N) is 2. The maximum atomic E-state index is 13.2. The van der Waals surface area contributed by atoms with Gasteiger partial charge in [0.2, 0.25) is 5.91 Å². The summed E-state index contributed by atoms with van der Waals surface area (Å²) in [4.78, 5) is 43.6. The molecule has 0 radical (unpaired) electrons. The summed E-state index contributed by atoms with van der Waals surface area (Å²) in [6, 6.07) is 4.72. The van der Waals surface area contributed by atoms with Crippen molar-refractivity contribution in [3.63, 3.8) is 0 Å². The Balaban J connectivity index is 1.50. The Hall–Kier alpha value is -3.16. The first kappa shape index (κ1) is 25.9. The predicted molar refractivity (Wildman–Crippen MR) is 135 cm³/mol. The fourth-order valence-electron chi connectivity index (χ4n) is 5.26. The Bertz CT molecular complexity index is 1150. The van der Waals surface area contributed by atoms with Crippen LogP contribution < -0.4 is 5.73 Å². The molecule has 1 aliphatic heterocycles.